The van der Waals surface area contributed by atoms with Crippen molar-refractivity contribution in [2.24, 2.45) is 0 Å². The van der Waals surface area contributed by atoms with E-state index < -0.39 is 5.24 Å². The van der Waals surface area contributed by atoms with Gasteiger partial charge in [-0.3, -0.25) is 4.79 Å². The zero-order chi connectivity index (χ0) is 9.68. The first kappa shape index (κ1) is 9.39. The number of hydrogen-bond acceptors (Lipinski definition) is 1. The first-order valence-electron chi connectivity index (χ1n) is 3.50. The van der Waals surface area contributed by atoms with E-state index in [0.29, 0.717) is 11.1 Å². The van der Waals surface area contributed by atoms with Crippen molar-refractivity contribution in [1.82, 2.24) is 0 Å². The summed E-state index contributed by atoms with van der Waals surface area (Å²) in [4.78, 5) is 10.7. The van der Waals surface area contributed by atoms with E-state index in [9.17, 15) is 4.79 Å². The molecule has 0 aromatic heterocycles. The molecule has 0 fully saturated rings. The Morgan fingerprint density at radius 1 is 1.46 bits per heavy atom. The number of benzene rings is 1. The second-order valence-corrected chi connectivity index (χ2v) is 2.59. The molecule has 0 amide bonds. The Bertz CT molecular complexity index is 429. The lowest BCUT2D eigenvalue weighted by Crippen LogP contribution is -1.88. The summed E-state index contributed by atoms with van der Waals surface area (Å²) in [5.74, 6) is 7.33. The van der Waals surface area contributed by atoms with Crippen LogP contribution in [0, 0.1) is 24.2 Å². The molecule has 0 heterocycles. The van der Waals surface area contributed by atoms with Crippen LogP contribution in [0.25, 0.3) is 0 Å². The van der Waals surface area contributed by atoms with Crippen molar-refractivity contribution >= 4 is 16.8 Å². The summed E-state index contributed by atoms with van der Waals surface area (Å²) < 4.78 is 0. The monoisotopic (exact) mass is 188 g/mol. The number of carbonyl (C=O) groups is 1. The summed E-state index contributed by atoms with van der Waals surface area (Å²) in [6.45, 7) is 0. The van der Waals surface area contributed by atoms with Gasteiger partial charge in [-0.05, 0) is 35.6 Å². The van der Waals surface area contributed by atoms with E-state index in [2.05, 4.69) is 17.8 Å². The minimum Gasteiger partial charge on any atom is -0.276 e. The largest absolute Gasteiger partial charge is 0.276 e. The molecule has 0 spiro atoms. The van der Waals surface area contributed by atoms with Crippen molar-refractivity contribution in [1.29, 1.82) is 0 Å². The van der Waals surface area contributed by atoms with Crippen molar-refractivity contribution in [3.8, 4) is 24.2 Å². The third-order valence-corrected chi connectivity index (χ3v) is 1.59. The molecule has 1 nitrogen and oxygen atoms in total. The zero-order valence-corrected chi connectivity index (χ0v) is 7.43. The summed E-state index contributed by atoms with van der Waals surface area (Å²) in [7, 11) is 0. The molecule has 0 atom stereocenters. The fraction of sp³-hybridized carbons (Fsp3) is 0. The van der Waals surface area contributed by atoms with Crippen LogP contribution in [-0.4, -0.2) is 5.24 Å². The summed E-state index contributed by atoms with van der Waals surface area (Å²) >= 11 is 5.28. The highest BCUT2D eigenvalue weighted by molar-refractivity contribution is 6.67. The van der Waals surface area contributed by atoms with E-state index in [1.54, 1.807) is 24.3 Å². The maximum absolute atomic E-state index is 10.7. The van der Waals surface area contributed by atoms with Crippen LogP contribution in [0.2, 0.25) is 0 Å². The lowest BCUT2D eigenvalue weighted by molar-refractivity contribution is 0.108. The first-order chi connectivity index (χ1) is 6.24. The Morgan fingerprint density at radius 3 is 2.85 bits per heavy atom. The van der Waals surface area contributed by atoms with E-state index in [1.807, 2.05) is 0 Å². The summed E-state index contributed by atoms with van der Waals surface area (Å²) in [6, 6.07) is 6.68. The Morgan fingerprint density at radius 2 is 2.23 bits per heavy atom. The number of rotatable bonds is 1. The minimum atomic E-state index is -0.496. The predicted octanol–water partition coefficient (Wildman–Crippen LogP) is 2.05. The van der Waals surface area contributed by atoms with Gasteiger partial charge in [0.15, 0.2) is 0 Å². The van der Waals surface area contributed by atoms with Crippen LogP contribution >= 0.6 is 11.6 Å². The topological polar surface area (TPSA) is 17.1 Å². The van der Waals surface area contributed by atoms with Gasteiger partial charge in [-0.2, -0.15) is 0 Å². The summed E-state index contributed by atoms with van der Waals surface area (Å²) in [5, 5.41) is -0.496. The van der Waals surface area contributed by atoms with Crippen molar-refractivity contribution in [3.63, 3.8) is 0 Å². The molecule has 1 aromatic rings. The van der Waals surface area contributed by atoms with Gasteiger partial charge in [0.25, 0.3) is 5.24 Å². The zero-order valence-electron chi connectivity index (χ0n) is 6.67. The standard InChI is InChI=1S/C11H5ClO/c1-2-3-5-9-6-4-7-10(8-9)11(12)13/h1,4,6-8H. The van der Waals surface area contributed by atoms with E-state index >= 15 is 0 Å². The normalized spacial score (nSPS) is 8.00. The number of carbonyl (C=O) groups excluding carboxylic acids is 1. The molecule has 0 bridgehead atoms. The second kappa shape index (κ2) is 4.36. The molecule has 1 rings (SSSR count). The maximum atomic E-state index is 10.7. The van der Waals surface area contributed by atoms with Gasteiger partial charge in [0.05, 0.1) is 0 Å². The van der Waals surface area contributed by atoms with Gasteiger partial charge in [0.2, 0.25) is 0 Å². The fourth-order valence-corrected chi connectivity index (χ4v) is 0.945. The molecule has 62 valence electrons. The fourth-order valence-electron chi connectivity index (χ4n) is 0.827. The second-order valence-electron chi connectivity index (χ2n) is 2.25. The molecule has 0 N–H and O–H groups in total. The van der Waals surface area contributed by atoms with Gasteiger partial charge in [-0.15, -0.1) is 6.42 Å². The Labute approximate surface area is 81.7 Å². The lowest BCUT2D eigenvalue weighted by Gasteiger charge is -1.93. The highest BCUT2D eigenvalue weighted by Gasteiger charge is 2.00. The number of terminal acetylenes is 1. The third kappa shape index (κ3) is 2.67. The molecule has 0 aliphatic heterocycles. The first-order valence-corrected chi connectivity index (χ1v) is 3.88. The van der Waals surface area contributed by atoms with Crippen molar-refractivity contribution < 1.29 is 4.79 Å². The lowest BCUT2D eigenvalue weighted by atomic mass is 10.1. The SMILES string of the molecule is C#CC#Cc1cccc(C(=O)Cl)c1. The quantitative estimate of drug-likeness (QED) is 0.487. The third-order valence-electron chi connectivity index (χ3n) is 1.37. The minimum absolute atomic E-state index is 0.422. The van der Waals surface area contributed by atoms with Gasteiger partial charge < -0.3 is 0 Å². The van der Waals surface area contributed by atoms with Gasteiger partial charge in [-0.1, -0.05) is 18.1 Å². The summed E-state index contributed by atoms with van der Waals surface area (Å²) in [6.07, 6.45) is 4.96. The van der Waals surface area contributed by atoms with Crippen LogP contribution in [0.3, 0.4) is 0 Å². The molecule has 0 aliphatic rings. The molecular formula is C11H5ClO. The van der Waals surface area contributed by atoms with Crippen LogP contribution in [0.5, 0.6) is 0 Å². The van der Waals surface area contributed by atoms with Crippen LogP contribution in [0.15, 0.2) is 24.3 Å². The van der Waals surface area contributed by atoms with E-state index in [4.69, 9.17) is 18.0 Å². The van der Waals surface area contributed by atoms with Crippen molar-refractivity contribution in [2.75, 3.05) is 0 Å². The van der Waals surface area contributed by atoms with E-state index in [1.165, 1.54) is 0 Å². The van der Waals surface area contributed by atoms with Crippen LogP contribution in [0.1, 0.15) is 15.9 Å². The van der Waals surface area contributed by atoms with Crippen molar-refractivity contribution in [3.05, 3.63) is 35.4 Å². The van der Waals surface area contributed by atoms with Gasteiger partial charge >= 0.3 is 0 Å². The molecule has 0 radical (unpaired) electrons. The highest BCUT2D eigenvalue weighted by Crippen LogP contribution is 2.06. The predicted molar refractivity (Wildman–Crippen MR) is 52.3 cm³/mol. The molecule has 2 heteroatoms. The number of hydrogen-bond donors (Lipinski definition) is 0. The van der Waals surface area contributed by atoms with Gasteiger partial charge in [0, 0.05) is 11.1 Å². The van der Waals surface area contributed by atoms with E-state index in [-0.39, 0.29) is 0 Å². The molecular weight excluding hydrogens is 184 g/mol. The molecule has 0 saturated carbocycles. The van der Waals surface area contributed by atoms with Gasteiger partial charge in [0.1, 0.15) is 0 Å². The average Bonchev–Trinajstić information content (AvgIpc) is 2.15. The Kier molecular flexibility index (Phi) is 3.15. The van der Waals surface area contributed by atoms with Crippen LogP contribution in [-0.2, 0) is 0 Å². The average molecular weight is 189 g/mol. The molecule has 1 aromatic carbocycles. The molecule has 0 aliphatic carbocycles. The number of halogens is 1. The molecule has 13 heavy (non-hydrogen) atoms. The van der Waals surface area contributed by atoms with Crippen LogP contribution in [0.4, 0.5) is 0 Å². The Hall–Kier alpha value is -1.70. The molecule has 0 saturated heterocycles. The van der Waals surface area contributed by atoms with Gasteiger partial charge in [-0.25, -0.2) is 0 Å². The highest BCUT2D eigenvalue weighted by atomic mass is 35.5. The molecule has 0 unspecified atom stereocenters. The Balaban J connectivity index is 3.07. The van der Waals surface area contributed by atoms with Crippen molar-refractivity contribution in [2.45, 2.75) is 0 Å². The smallest absolute Gasteiger partial charge is 0.252 e. The van der Waals surface area contributed by atoms with Crippen LogP contribution < -0.4 is 0 Å². The summed E-state index contributed by atoms with van der Waals surface area (Å²) in [5.41, 5.74) is 1.11. The maximum Gasteiger partial charge on any atom is 0.252 e. The van der Waals surface area contributed by atoms with E-state index in [0.717, 1.165) is 0 Å².